The smallest absolute Gasteiger partial charge is 0.115 e. The molecule has 0 unspecified atom stereocenters. The Balaban J connectivity index is 1.85. The van der Waals surface area contributed by atoms with Crippen molar-refractivity contribution in [1.29, 1.82) is 0 Å². The molecule has 0 aliphatic carbocycles. The second-order valence-corrected chi connectivity index (χ2v) is 4.69. The fourth-order valence-electron chi connectivity index (χ4n) is 2.33. The number of nitrogens with one attached hydrogen (secondary N) is 1. The number of likely N-dealkylation sites (N-methyl/N-ethyl adjacent to an activating group) is 1. The molecule has 0 spiro atoms. The van der Waals surface area contributed by atoms with Gasteiger partial charge in [0, 0.05) is 30.7 Å². The van der Waals surface area contributed by atoms with Crippen LogP contribution in [0, 0.1) is 0 Å². The zero-order valence-electron chi connectivity index (χ0n) is 10.4. The molecule has 0 bridgehead atoms. The van der Waals surface area contributed by atoms with Gasteiger partial charge in [-0.25, -0.2) is 0 Å². The molecule has 2 N–H and O–H groups in total. The predicted octanol–water partition coefficient (Wildman–Crippen LogP) is 3.13. The van der Waals surface area contributed by atoms with E-state index in [1.54, 1.807) is 12.1 Å². The minimum absolute atomic E-state index is 0.286. The molecule has 2 aromatic carbocycles. The number of benzene rings is 2. The molecule has 3 heteroatoms. The maximum Gasteiger partial charge on any atom is 0.115 e. The first kappa shape index (κ1) is 11.0. The summed E-state index contributed by atoms with van der Waals surface area (Å²) in [6, 6.07) is 13.6. The Kier molecular flexibility index (Phi) is 2.59. The molecule has 1 heterocycles. The van der Waals surface area contributed by atoms with Crippen molar-refractivity contribution in [3.63, 3.8) is 0 Å². The number of hydrogen-bond acceptors (Lipinski definition) is 3. The number of hydrogen-bond donors (Lipinski definition) is 2. The van der Waals surface area contributed by atoms with Gasteiger partial charge in [0.1, 0.15) is 5.75 Å². The van der Waals surface area contributed by atoms with Crippen molar-refractivity contribution in [2.24, 2.45) is 0 Å². The zero-order valence-corrected chi connectivity index (χ0v) is 10.4. The summed E-state index contributed by atoms with van der Waals surface area (Å²) in [5.74, 6) is 0.286. The minimum Gasteiger partial charge on any atom is -0.508 e. The molecule has 18 heavy (non-hydrogen) atoms. The van der Waals surface area contributed by atoms with Gasteiger partial charge in [0.25, 0.3) is 0 Å². The molecular formula is C15H16N2O. The second-order valence-electron chi connectivity index (χ2n) is 4.69. The lowest BCUT2D eigenvalue weighted by Crippen LogP contribution is -2.12. The van der Waals surface area contributed by atoms with Crippen molar-refractivity contribution in [1.82, 2.24) is 0 Å². The van der Waals surface area contributed by atoms with Crippen molar-refractivity contribution >= 4 is 17.1 Å². The van der Waals surface area contributed by atoms with Gasteiger partial charge in [0.05, 0.1) is 0 Å². The molecule has 1 aliphatic rings. The van der Waals surface area contributed by atoms with Crippen LogP contribution in [0.15, 0.2) is 42.5 Å². The molecule has 92 valence electrons. The quantitative estimate of drug-likeness (QED) is 0.792. The lowest BCUT2D eigenvalue weighted by molar-refractivity contribution is 0.475. The standard InChI is InChI=1S/C15H16N2O/c1-17-9-8-11-2-3-13(10-15(11)17)16-12-4-6-14(18)7-5-12/h2-7,10,16,18H,8-9H2,1H3. The summed E-state index contributed by atoms with van der Waals surface area (Å²) in [7, 11) is 2.12. The monoisotopic (exact) mass is 240 g/mol. The summed E-state index contributed by atoms with van der Waals surface area (Å²) in [5.41, 5.74) is 4.77. The van der Waals surface area contributed by atoms with Crippen LogP contribution >= 0.6 is 0 Å². The van der Waals surface area contributed by atoms with E-state index in [-0.39, 0.29) is 5.75 Å². The first-order valence-electron chi connectivity index (χ1n) is 6.12. The molecule has 0 saturated carbocycles. The van der Waals surface area contributed by atoms with Crippen molar-refractivity contribution in [2.75, 3.05) is 23.8 Å². The summed E-state index contributed by atoms with van der Waals surface area (Å²) in [4.78, 5) is 2.28. The number of aromatic hydroxyl groups is 1. The Bertz CT molecular complexity index is 563. The number of phenolic OH excluding ortho intramolecular Hbond substituents is 1. The van der Waals surface area contributed by atoms with Gasteiger partial charge < -0.3 is 15.3 Å². The molecular weight excluding hydrogens is 224 g/mol. The summed E-state index contributed by atoms with van der Waals surface area (Å²) in [5, 5.41) is 12.6. The minimum atomic E-state index is 0.286. The molecule has 0 atom stereocenters. The third-order valence-electron chi connectivity index (χ3n) is 3.37. The zero-order chi connectivity index (χ0) is 12.5. The van der Waals surface area contributed by atoms with Crippen LogP contribution in [0.4, 0.5) is 17.1 Å². The first-order valence-corrected chi connectivity index (χ1v) is 6.12. The lowest BCUT2D eigenvalue weighted by Gasteiger charge is -2.14. The molecule has 3 nitrogen and oxygen atoms in total. The van der Waals surface area contributed by atoms with Crippen LogP contribution in [0.1, 0.15) is 5.56 Å². The van der Waals surface area contributed by atoms with Gasteiger partial charge in [-0.3, -0.25) is 0 Å². The lowest BCUT2D eigenvalue weighted by atomic mass is 10.1. The molecule has 3 rings (SSSR count). The molecule has 0 fully saturated rings. The topological polar surface area (TPSA) is 35.5 Å². The third kappa shape index (κ3) is 1.99. The maximum atomic E-state index is 9.25. The highest BCUT2D eigenvalue weighted by Crippen LogP contribution is 2.30. The Morgan fingerprint density at radius 2 is 1.78 bits per heavy atom. The van der Waals surface area contributed by atoms with E-state index in [1.807, 2.05) is 12.1 Å². The van der Waals surface area contributed by atoms with Crippen LogP contribution in [0.2, 0.25) is 0 Å². The van der Waals surface area contributed by atoms with Crippen LogP contribution in [0.25, 0.3) is 0 Å². The SMILES string of the molecule is CN1CCc2ccc(Nc3ccc(O)cc3)cc21. The van der Waals surface area contributed by atoms with Crippen LogP contribution < -0.4 is 10.2 Å². The van der Waals surface area contributed by atoms with E-state index in [4.69, 9.17) is 0 Å². The van der Waals surface area contributed by atoms with Crippen LogP contribution in [0.5, 0.6) is 5.75 Å². The van der Waals surface area contributed by atoms with E-state index in [9.17, 15) is 5.11 Å². The normalized spacial score (nSPS) is 13.5. The first-order chi connectivity index (χ1) is 8.72. The van der Waals surface area contributed by atoms with E-state index in [0.717, 1.165) is 24.3 Å². The number of anilines is 3. The number of phenols is 1. The Labute approximate surface area is 107 Å². The Morgan fingerprint density at radius 1 is 1.06 bits per heavy atom. The van der Waals surface area contributed by atoms with E-state index >= 15 is 0 Å². The summed E-state index contributed by atoms with van der Waals surface area (Å²) in [6.07, 6.45) is 1.13. The molecule has 1 aliphatic heterocycles. The van der Waals surface area contributed by atoms with Crippen molar-refractivity contribution in [3.05, 3.63) is 48.0 Å². The van der Waals surface area contributed by atoms with Gasteiger partial charge in [0.15, 0.2) is 0 Å². The molecule has 2 aromatic rings. The molecule has 0 aromatic heterocycles. The average Bonchev–Trinajstić information content (AvgIpc) is 2.74. The second kappa shape index (κ2) is 4.26. The van der Waals surface area contributed by atoms with Crippen molar-refractivity contribution < 1.29 is 5.11 Å². The molecule has 0 radical (unpaired) electrons. The summed E-state index contributed by atoms with van der Waals surface area (Å²) >= 11 is 0. The van der Waals surface area contributed by atoms with Crippen LogP contribution in [0.3, 0.4) is 0 Å². The van der Waals surface area contributed by atoms with Gasteiger partial charge in [0.2, 0.25) is 0 Å². The molecule has 0 amide bonds. The van der Waals surface area contributed by atoms with Gasteiger partial charge in [-0.1, -0.05) is 6.07 Å². The highest BCUT2D eigenvalue weighted by molar-refractivity contribution is 5.69. The fraction of sp³-hybridized carbons (Fsp3) is 0.200. The van der Waals surface area contributed by atoms with Crippen molar-refractivity contribution in [3.8, 4) is 5.75 Å². The third-order valence-corrected chi connectivity index (χ3v) is 3.37. The average molecular weight is 240 g/mol. The number of fused-ring (bicyclic) bond motifs is 1. The largest absolute Gasteiger partial charge is 0.508 e. The Morgan fingerprint density at radius 3 is 2.56 bits per heavy atom. The van der Waals surface area contributed by atoms with E-state index in [0.29, 0.717) is 0 Å². The van der Waals surface area contributed by atoms with Gasteiger partial charge in [-0.15, -0.1) is 0 Å². The van der Waals surface area contributed by atoms with Gasteiger partial charge in [-0.2, -0.15) is 0 Å². The van der Waals surface area contributed by atoms with E-state index in [1.165, 1.54) is 11.3 Å². The van der Waals surface area contributed by atoms with E-state index in [2.05, 4.69) is 35.5 Å². The maximum absolute atomic E-state index is 9.25. The highest BCUT2D eigenvalue weighted by atomic mass is 16.3. The number of rotatable bonds is 2. The Hall–Kier alpha value is -2.16. The summed E-state index contributed by atoms with van der Waals surface area (Å²) in [6.45, 7) is 1.10. The van der Waals surface area contributed by atoms with Crippen LogP contribution in [-0.4, -0.2) is 18.7 Å². The highest BCUT2D eigenvalue weighted by Gasteiger charge is 2.15. The predicted molar refractivity (Wildman–Crippen MR) is 74.8 cm³/mol. The number of nitrogens with zero attached hydrogens (tertiary/aromatic N) is 1. The van der Waals surface area contributed by atoms with Gasteiger partial charge in [-0.05, 0) is 48.4 Å². The van der Waals surface area contributed by atoms with Crippen LogP contribution in [-0.2, 0) is 6.42 Å². The fourth-order valence-corrected chi connectivity index (χ4v) is 2.33. The summed E-state index contributed by atoms with van der Waals surface area (Å²) < 4.78 is 0. The van der Waals surface area contributed by atoms with Crippen molar-refractivity contribution in [2.45, 2.75) is 6.42 Å². The van der Waals surface area contributed by atoms with Gasteiger partial charge >= 0.3 is 0 Å². The van der Waals surface area contributed by atoms with E-state index < -0.39 is 0 Å². The molecule has 0 saturated heterocycles.